The van der Waals surface area contributed by atoms with Gasteiger partial charge >= 0.3 is 0 Å². The zero-order valence-electron chi connectivity index (χ0n) is 8.62. The number of hydrogen-bond donors (Lipinski definition) is 0. The summed E-state index contributed by atoms with van der Waals surface area (Å²) in [7, 11) is 0. The van der Waals surface area contributed by atoms with Gasteiger partial charge in [-0.3, -0.25) is 4.79 Å². The summed E-state index contributed by atoms with van der Waals surface area (Å²) in [6.45, 7) is 5.74. The molecule has 0 fully saturated rings. The second-order valence-corrected chi connectivity index (χ2v) is 4.34. The molecule has 1 aromatic carbocycles. The quantitative estimate of drug-likeness (QED) is 0.558. The van der Waals surface area contributed by atoms with E-state index >= 15 is 0 Å². The van der Waals surface area contributed by atoms with Gasteiger partial charge in [0, 0.05) is 21.0 Å². The van der Waals surface area contributed by atoms with Crippen molar-refractivity contribution in [3.05, 3.63) is 47.4 Å². The maximum atomic E-state index is 12.0. The summed E-state index contributed by atoms with van der Waals surface area (Å²) in [6, 6.07) is 7.97. The first-order chi connectivity index (χ1) is 7.24. The van der Waals surface area contributed by atoms with E-state index in [9.17, 15) is 4.79 Å². The first-order valence-electron chi connectivity index (χ1n) is 4.92. The molecule has 0 saturated heterocycles. The Balaban J connectivity index is 2.53. The normalized spacial score (nSPS) is 10.5. The molecule has 1 nitrogen and oxygen atoms in total. The van der Waals surface area contributed by atoms with Crippen LogP contribution in [0.3, 0.4) is 0 Å². The molecule has 15 heavy (non-hydrogen) atoms. The van der Waals surface area contributed by atoms with Crippen molar-refractivity contribution in [3.8, 4) is 0 Å². The van der Waals surface area contributed by atoms with Gasteiger partial charge in [-0.15, -0.1) is 11.3 Å². The maximum Gasteiger partial charge on any atom is 0.189 e. The predicted molar refractivity (Wildman–Crippen MR) is 65.6 cm³/mol. The lowest BCUT2D eigenvalue weighted by molar-refractivity contribution is 0.103. The van der Waals surface area contributed by atoms with Gasteiger partial charge in [-0.05, 0) is 18.1 Å². The Morgan fingerprint density at radius 3 is 2.87 bits per heavy atom. The molecule has 1 heterocycles. The summed E-state index contributed by atoms with van der Waals surface area (Å²) in [6.07, 6.45) is 0.711. The number of fused-ring (bicyclic) bond motifs is 1. The molecule has 0 aliphatic heterocycles. The lowest BCUT2D eigenvalue weighted by atomic mass is 10.0. The van der Waals surface area contributed by atoms with Gasteiger partial charge in [0.15, 0.2) is 5.78 Å². The van der Waals surface area contributed by atoms with Crippen LogP contribution >= 0.6 is 11.3 Å². The van der Waals surface area contributed by atoms with E-state index < -0.39 is 0 Å². The van der Waals surface area contributed by atoms with Crippen molar-refractivity contribution in [1.29, 1.82) is 0 Å². The number of Topliss-reactive ketones (excluding diaryl/α,β-unsaturated/α-hetero) is 1. The standard InChI is InChI=1S/C13H12OS/c1-3-9(2)13(14)11-8-15-12-7-5-4-6-10(11)12/h4-8H,2-3H2,1H3. The van der Waals surface area contributed by atoms with Gasteiger partial charge < -0.3 is 0 Å². The molecular formula is C13H12OS. The summed E-state index contributed by atoms with van der Waals surface area (Å²) in [5.41, 5.74) is 1.47. The van der Waals surface area contributed by atoms with Gasteiger partial charge in [-0.1, -0.05) is 31.7 Å². The monoisotopic (exact) mass is 216 g/mol. The fraction of sp³-hybridized carbons (Fsp3) is 0.154. The number of thiophene rings is 1. The number of carbonyl (C=O) groups excluding carboxylic acids is 1. The SMILES string of the molecule is C=C(CC)C(=O)c1csc2ccccc12. The van der Waals surface area contributed by atoms with Crippen molar-refractivity contribution < 1.29 is 4.79 Å². The molecule has 1 aromatic heterocycles. The van der Waals surface area contributed by atoms with Gasteiger partial charge in [0.05, 0.1) is 0 Å². The van der Waals surface area contributed by atoms with Crippen LogP contribution in [-0.2, 0) is 0 Å². The van der Waals surface area contributed by atoms with Crippen LogP contribution in [0.15, 0.2) is 41.8 Å². The van der Waals surface area contributed by atoms with Crippen LogP contribution in [0.5, 0.6) is 0 Å². The Labute approximate surface area is 93.1 Å². The number of ketones is 1. The third-order valence-corrected chi connectivity index (χ3v) is 3.44. The summed E-state index contributed by atoms with van der Waals surface area (Å²) in [5, 5.41) is 2.97. The molecule has 76 valence electrons. The summed E-state index contributed by atoms with van der Waals surface area (Å²) >= 11 is 1.61. The maximum absolute atomic E-state index is 12.0. The fourth-order valence-corrected chi connectivity index (χ4v) is 2.45. The number of hydrogen-bond acceptors (Lipinski definition) is 2. The molecule has 0 aliphatic rings. The average Bonchev–Trinajstić information content (AvgIpc) is 2.70. The average molecular weight is 216 g/mol. The molecule has 0 N–H and O–H groups in total. The lowest BCUT2D eigenvalue weighted by Crippen LogP contribution is -1.99. The molecule has 0 bridgehead atoms. The Kier molecular flexibility index (Phi) is 2.69. The molecule has 0 atom stereocenters. The first kappa shape index (κ1) is 10.1. The van der Waals surface area contributed by atoms with Crippen molar-refractivity contribution in [2.24, 2.45) is 0 Å². The van der Waals surface area contributed by atoms with E-state index in [0.717, 1.165) is 15.6 Å². The third-order valence-electron chi connectivity index (χ3n) is 2.47. The molecule has 0 saturated carbocycles. The van der Waals surface area contributed by atoms with Crippen molar-refractivity contribution in [2.75, 3.05) is 0 Å². The highest BCUT2D eigenvalue weighted by molar-refractivity contribution is 7.17. The number of rotatable bonds is 3. The summed E-state index contributed by atoms with van der Waals surface area (Å²) in [4.78, 5) is 12.0. The second kappa shape index (κ2) is 3.99. The van der Waals surface area contributed by atoms with Crippen LogP contribution in [0.4, 0.5) is 0 Å². The molecule has 2 heteroatoms. The van der Waals surface area contributed by atoms with Gasteiger partial charge in [-0.2, -0.15) is 0 Å². The number of carbonyl (C=O) groups is 1. The first-order valence-corrected chi connectivity index (χ1v) is 5.80. The molecular weight excluding hydrogens is 204 g/mol. The zero-order valence-corrected chi connectivity index (χ0v) is 9.43. The number of allylic oxidation sites excluding steroid dienone is 1. The lowest BCUT2D eigenvalue weighted by Gasteiger charge is -1.99. The van der Waals surface area contributed by atoms with E-state index in [-0.39, 0.29) is 5.78 Å². The van der Waals surface area contributed by atoms with Crippen LogP contribution in [0.1, 0.15) is 23.7 Å². The summed E-state index contributed by atoms with van der Waals surface area (Å²) in [5.74, 6) is 0.0787. The molecule has 2 aromatic rings. The minimum atomic E-state index is 0.0787. The smallest absolute Gasteiger partial charge is 0.189 e. The Morgan fingerprint density at radius 2 is 2.13 bits per heavy atom. The molecule has 0 aliphatic carbocycles. The van der Waals surface area contributed by atoms with Crippen molar-refractivity contribution >= 4 is 27.2 Å². The van der Waals surface area contributed by atoms with E-state index in [1.54, 1.807) is 11.3 Å². The fourth-order valence-electron chi connectivity index (χ4n) is 1.50. The van der Waals surface area contributed by atoms with Gasteiger partial charge in [0.2, 0.25) is 0 Å². The molecule has 0 unspecified atom stereocenters. The van der Waals surface area contributed by atoms with E-state index in [1.165, 1.54) is 0 Å². The summed E-state index contributed by atoms with van der Waals surface area (Å²) < 4.78 is 1.16. The third kappa shape index (κ3) is 1.73. The Morgan fingerprint density at radius 1 is 1.40 bits per heavy atom. The Hall–Kier alpha value is -1.41. The molecule has 0 radical (unpaired) electrons. The van der Waals surface area contributed by atoms with Crippen LogP contribution in [0.2, 0.25) is 0 Å². The van der Waals surface area contributed by atoms with Crippen LogP contribution in [0.25, 0.3) is 10.1 Å². The van der Waals surface area contributed by atoms with Crippen molar-refractivity contribution in [1.82, 2.24) is 0 Å². The topological polar surface area (TPSA) is 17.1 Å². The van der Waals surface area contributed by atoms with Crippen LogP contribution < -0.4 is 0 Å². The van der Waals surface area contributed by atoms with E-state index in [2.05, 4.69) is 6.58 Å². The predicted octanol–water partition coefficient (Wildman–Crippen LogP) is 4.05. The second-order valence-electron chi connectivity index (χ2n) is 3.43. The minimum Gasteiger partial charge on any atom is -0.289 e. The molecule has 0 spiro atoms. The highest BCUT2D eigenvalue weighted by atomic mass is 32.1. The Bertz CT molecular complexity index is 522. The molecule has 0 amide bonds. The van der Waals surface area contributed by atoms with Crippen molar-refractivity contribution in [3.63, 3.8) is 0 Å². The van der Waals surface area contributed by atoms with E-state index in [1.807, 2.05) is 36.6 Å². The van der Waals surface area contributed by atoms with Gasteiger partial charge in [-0.25, -0.2) is 0 Å². The highest BCUT2D eigenvalue weighted by Gasteiger charge is 2.13. The minimum absolute atomic E-state index is 0.0787. The number of benzene rings is 1. The zero-order chi connectivity index (χ0) is 10.8. The highest BCUT2D eigenvalue weighted by Crippen LogP contribution is 2.27. The van der Waals surface area contributed by atoms with Crippen LogP contribution in [0, 0.1) is 0 Å². The van der Waals surface area contributed by atoms with E-state index in [0.29, 0.717) is 12.0 Å². The largest absolute Gasteiger partial charge is 0.289 e. The van der Waals surface area contributed by atoms with Gasteiger partial charge in [0.25, 0.3) is 0 Å². The molecule has 2 rings (SSSR count). The van der Waals surface area contributed by atoms with Crippen LogP contribution in [-0.4, -0.2) is 5.78 Å². The van der Waals surface area contributed by atoms with Crippen molar-refractivity contribution in [2.45, 2.75) is 13.3 Å². The van der Waals surface area contributed by atoms with Gasteiger partial charge in [0.1, 0.15) is 0 Å². The van der Waals surface area contributed by atoms with E-state index in [4.69, 9.17) is 0 Å².